The first kappa shape index (κ1) is 39.1. The highest BCUT2D eigenvalue weighted by Crippen LogP contribution is 2.23. The molecule has 0 bridgehead atoms. The first-order valence-electron chi connectivity index (χ1n) is 17.0. The molecule has 50 heavy (non-hydrogen) atoms. The fourth-order valence-corrected chi connectivity index (χ4v) is 4.57. The molecular formula is C40H46O10. The molecule has 0 radical (unpaired) electrons. The summed E-state index contributed by atoms with van der Waals surface area (Å²) >= 11 is 0. The van der Waals surface area contributed by atoms with Gasteiger partial charge >= 0.3 is 23.9 Å². The van der Waals surface area contributed by atoms with Crippen LogP contribution in [0.4, 0.5) is 0 Å². The van der Waals surface area contributed by atoms with Gasteiger partial charge in [0.05, 0.1) is 11.1 Å². The lowest BCUT2D eigenvalue weighted by atomic mass is 10.2. The van der Waals surface area contributed by atoms with E-state index in [0.717, 1.165) is 38.5 Å². The van der Waals surface area contributed by atoms with Crippen molar-refractivity contribution in [3.05, 3.63) is 108 Å². The molecule has 0 N–H and O–H groups in total. The van der Waals surface area contributed by atoms with E-state index in [1.54, 1.807) is 74.5 Å². The lowest BCUT2D eigenvalue weighted by Gasteiger charge is -2.19. The monoisotopic (exact) mass is 686 g/mol. The molecule has 3 aromatic carbocycles. The molecule has 0 heterocycles. The van der Waals surface area contributed by atoms with Gasteiger partial charge in [0.2, 0.25) is 12.6 Å². The van der Waals surface area contributed by atoms with Gasteiger partial charge in [0.25, 0.3) is 0 Å². The fourth-order valence-electron chi connectivity index (χ4n) is 4.57. The van der Waals surface area contributed by atoms with Gasteiger partial charge in [0.15, 0.2) is 0 Å². The Labute approximate surface area is 294 Å². The van der Waals surface area contributed by atoms with Crippen LogP contribution in [0, 0.1) is 0 Å². The van der Waals surface area contributed by atoms with Crippen LogP contribution in [0.25, 0.3) is 0 Å². The Kier molecular flexibility index (Phi) is 16.8. The highest BCUT2D eigenvalue weighted by molar-refractivity contribution is 5.92. The van der Waals surface area contributed by atoms with Crippen LogP contribution < -0.4 is 18.9 Å². The van der Waals surface area contributed by atoms with Gasteiger partial charge in [-0.05, 0) is 99.5 Å². The predicted molar refractivity (Wildman–Crippen MR) is 188 cm³/mol. The number of unbranched alkanes of at least 4 members (excludes halogenated alkanes) is 4. The van der Waals surface area contributed by atoms with Crippen molar-refractivity contribution < 1.29 is 47.6 Å². The third-order valence-corrected chi connectivity index (χ3v) is 7.15. The summed E-state index contributed by atoms with van der Waals surface area (Å²) in [6.07, 6.45) is 11.2. The maximum absolute atomic E-state index is 12.8. The molecule has 0 fully saturated rings. The zero-order valence-electron chi connectivity index (χ0n) is 29.1. The Morgan fingerprint density at radius 1 is 0.520 bits per heavy atom. The largest absolute Gasteiger partial charge is 0.455 e. The molecule has 0 aliphatic rings. The highest BCUT2D eigenvalue weighted by Gasteiger charge is 2.17. The number of benzene rings is 3. The maximum Gasteiger partial charge on any atom is 0.343 e. The summed E-state index contributed by atoms with van der Waals surface area (Å²) in [7, 11) is 0. The van der Waals surface area contributed by atoms with E-state index in [9.17, 15) is 19.2 Å². The summed E-state index contributed by atoms with van der Waals surface area (Å²) in [6, 6.07) is 18.7. The van der Waals surface area contributed by atoms with Gasteiger partial charge in [-0.1, -0.05) is 51.7 Å². The van der Waals surface area contributed by atoms with Crippen LogP contribution in [0.15, 0.2) is 97.1 Å². The van der Waals surface area contributed by atoms with Gasteiger partial charge in [0.1, 0.15) is 23.0 Å². The molecular weight excluding hydrogens is 640 g/mol. The average molecular weight is 687 g/mol. The van der Waals surface area contributed by atoms with E-state index < -0.39 is 36.5 Å². The number of hydrogen-bond acceptors (Lipinski definition) is 10. The van der Waals surface area contributed by atoms with Crippen molar-refractivity contribution in [3.8, 4) is 23.0 Å². The summed E-state index contributed by atoms with van der Waals surface area (Å²) in [5, 5.41) is 0. The molecule has 3 aromatic rings. The zero-order chi connectivity index (χ0) is 36.1. The predicted octanol–water partition coefficient (Wildman–Crippen LogP) is 8.93. The Morgan fingerprint density at radius 3 is 1.18 bits per heavy atom. The third kappa shape index (κ3) is 14.0. The Balaban J connectivity index is 1.53. The molecule has 0 amide bonds. The van der Waals surface area contributed by atoms with Crippen molar-refractivity contribution in [2.24, 2.45) is 0 Å². The van der Waals surface area contributed by atoms with Crippen LogP contribution in [-0.4, -0.2) is 36.5 Å². The van der Waals surface area contributed by atoms with Crippen LogP contribution in [0.5, 0.6) is 23.0 Å². The Morgan fingerprint density at radius 2 is 0.860 bits per heavy atom. The van der Waals surface area contributed by atoms with Gasteiger partial charge in [-0.2, -0.15) is 0 Å². The van der Waals surface area contributed by atoms with Crippen molar-refractivity contribution in [3.63, 3.8) is 0 Å². The second-order valence-corrected chi connectivity index (χ2v) is 11.3. The normalized spacial score (nSPS) is 12.2. The molecule has 0 saturated heterocycles. The number of esters is 4. The molecule has 10 heteroatoms. The molecule has 0 aliphatic heterocycles. The molecule has 0 aliphatic carbocycles. The van der Waals surface area contributed by atoms with Crippen LogP contribution in [-0.2, 0) is 19.1 Å². The number of rotatable bonds is 20. The van der Waals surface area contributed by atoms with E-state index >= 15 is 0 Å². The summed E-state index contributed by atoms with van der Waals surface area (Å²) in [5.74, 6) is -0.742. The van der Waals surface area contributed by atoms with Crippen molar-refractivity contribution in [2.45, 2.75) is 91.6 Å². The van der Waals surface area contributed by atoms with Gasteiger partial charge in [0, 0.05) is 25.0 Å². The van der Waals surface area contributed by atoms with Gasteiger partial charge < -0.3 is 28.4 Å². The molecule has 2 atom stereocenters. The van der Waals surface area contributed by atoms with Crippen LogP contribution in [0.2, 0.25) is 0 Å². The van der Waals surface area contributed by atoms with E-state index in [1.165, 1.54) is 36.4 Å². The van der Waals surface area contributed by atoms with Crippen molar-refractivity contribution in [2.75, 3.05) is 0 Å². The van der Waals surface area contributed by atoms with Crippen molar-refractivity contribution >= 4 is 23.9 Å². The lowest BCUT2D eigenvalue weighted by molar-refractivity contribution is -0.159. The molecule has 2 unspecified atom stereocenters. The van der Waals surface area contributed by atoms with Crippen molar-refractivity contribution in [1.82, 2.24) is 0 Å². The number of hydrogen-bond donors (Lipinski definition) is 0. The van der Waals surface area contributed by atoms with E-state index in [2.05, 4.69) is 13.8 Å². The zero-order valence-corrected chi connectivity index (χ0v) is 29.1. The Bertz CT molecular complexity index is 1440. The molecule has 10 nitrogen and oxygen atoms in total. The fraction of sp³-hybridized carbons (Fsp3) is 0.350. The third-order valence-electron chi connectivity index (χ3n) is 7.15. The van der Waals surface area contributed by atoms with Crippen LogP contribution in [0.3, 0.4) is 0 Å². The molecule has 0 aromatic heterocycles. The van der Waals surface area contributed by atoms with Crippen LogP contribution in [0.1, 0.15) is 99.8 Å². The summed E-state index contributed by atoms with van der Waals surface area (Å²) in [5.41, 5.74) is 0.578. The lowest BCUT2D eigenvalue weighted by Crippen LogP contribution is -2.23. The number of ether oxygens (including phenoxy) is 6. The molecule has 266 valence electrons. The second-order valence-electron chi connectivity index (χ2n) is 11.3. The first-order valence-corrected chi connectivity index (χ1v) is 17.0. The van der Waals surface area contributed by atoms with E-state index in [-0.39, 0.29) is 22.6 Å². The second kappa shape index (κ2) is 21.6. The van der Waals surface area contributed by atoms with E-state index in [4.69, 9.17) is 28.4 Å². The summed E-state index contributed by atoms with van der Waals surface area (Å²) in [6.45, 7) is 7.63. The average Bonchev–Trinajstić information content (AvgIpc) is 3.10. The van der Waals surface area contributed by atoms with Crippen LogP contribution >= 0.6 is 0 Å². The van der Waals surface area contributed by atoms with E-state index in [1.807, 2.05) is 0 Å². The number of carbonyl (C=O) groups excluding carboxylic acids is 4. The SMILES string of the molecule is CC=CC(=O)OC(CCCCC)Oc1ccc(C(=O)Oc2ccc(OC(=O)c3ccc(OC(CCCCC)OC(=O)C=CC)cc3)cc2)cc1. The van der Waals surface area contributed by atoms with Gasteiger partial charge in [-0.15, -0.1) is 0 Å². The molecule has 0 spiro atoms. The highest BCUT2D eigenvalue weighted by atomic mass is 16.7. The first-order chi connectivity index (χ1) is 24.2. The number of carbonyl (C=O) groups is 4. The Hall–Kier alpha value is -5.38. The smallest absolute Gasteiger partial charge is 0.343 e. The quantitative estimate of drug-likeness (QED) is 0.0374. The standard InChI is InChI=1S/C40H46O10/c1-5-9-11-15-37(49-35(41)13-7-3)45-31-21-17-29(18-22-31)39(43)47-33-25-27-34(28-26-33)48-40(44)30-19-23-32(24-20-30)46-38(16-12-10-6-2)50-36(42)14-8-4/h7-8,13-14,17-28,37-38H,5-6,9-12,15-16H2,1-4H3. The topological polar surface area (TPSA) is 124 Å². The number of allylic oxidation sites excluding steroid dienone is 2. The van der Waals surface area contributed by atoms with Gasteiger partial charge in [-0.25, -0.2) is 19.2 Å². The minimum atomic E-state index is -0.747. The minimum Gasteiger partial charge on any atom is -0.455 e. The van der Waals surface area contributed by atoms with Crippen molar-refractivity contribution in [1.29, 1.82) is 0 Å². The molecule has 3 rings (SSSR count). The maximum atomic E-state index is 12.8. The summed E-state index contributed by atoms with van der Waals surface area (Å²) in [4.78, 5) is 49.4. The minimum absolute atomic E-state index is 0.257. The van der Waals surface area contributed by atoms with Gasteiger partial charge in [-0.3, -0.25) is 0 Å². The van der Waals surface area contributed by atoms with E-state index in [0.29, 0.717) is 24.3 Å². The molecule has 0 saturated carbocycles. The summed E-state index contributed by atoms with van der Waals surface area (Å²) < 4.78 is 33.5.